The highest BCUT2D eigenvalue weighted by Gasteiger charge is 2.15. The van der Waals surface area contributed by atoms with Crippen LogP contribution in [0.1, 0.15) is 49.9 Å². The number of carbonyl (C=O) groups is 1. The van der Waals surface area contributed by atoms with E-state index in [-0.39, 0.29) is 5.91 Å². The van der Waals surface area contributed by atoms with Gasteiger partial charge in [0.1, 0.15) is 0 Å². The highest BCUT2D eigenvalue weighted by atomic mass is 16.1. The van der Waals surface area contributed by atoms with Crippen molar-refractivity contribution >= 4 is 22.6 Å². The fraction of sp³-hybridized carbons (Fsp3) is 0.533. The Labute approximate surface area is 124 Å². The monoisotopic (exact) mass is 289 g/mol. The van der Waals surface area contributed by atoms with Crippen LogP contribution in [0.3, 0.4) is 0 Å². The van der Waals surface area contributed by atoms with Gasteiger partial charge in [-0.3, -0.25) is 4.79 Å². The van der Waals surface area contributed by atoms with Crippen LogP contribution in [0.4, 0.5) is 5.69 Å². The number of amides is 1. The van der Waals surface area contributed by atoms with Crippen molar-refractivity contribution < 1.29 is 4.79 Å². The third-order valence-corrected chi connectivity index (χ3v) is 3.46. The number of pyridine rings is 1. The van der Waals surface area contributed by atoms with Gasteiger partial charge in [-0.1, -0.05) is 26.7 Å². The molecule has 2 aromatic heterocycles. The summed E-state index contributed by atoms with van der Waals surface area (Å²) in [6.07, 6.45) is 7.51. The fourth-order valence-corrected chi connectivity index (χ4v) is 2.24. The Morgan fingerprint density at radius 1 is 1.29 bits per heavy atom. The highest BCUT2D eigenvalue weighted by molar-refractivity contribution is 6.05. The first kappa shape index (κ1) is 15.3. The van der Waals surface area contributed by atoms with Crippen LogP contribution >= 0.6 is 0 Å². The van der Waals surface area contributed by atoms with Crippen molar-refractivity contribution in [1.29, 1.82) is 0 Å². The lowest BCUT2D eigenvalue weighted by Crippen LogP contribution is -2.25. The quantitative estimate of drug-likeness (QED) is 0.766. The average molecular weight is 289 g/mol. The van der Waals surface area contributed by atoms with Gasteiger partial charge in [-0.05, 0) is 12.8 Å². The van der Waals surface area contributed by atoms with Gasteiger partial charge in [-0.25, -0.2) is 9.67 Å². The molecule has 0 aromatic carbocycles. The second-order valence-corrected chi connectivity index (χ2v) is 5.15. The van der Waals surface area contributed by atoms with Gasteiger partial charge in [0, 0.05) is 19.3 Å². The number of anilines is 1. The van der Waals surface area contributed by atoms with E-state index in [0.717, 1.165) is 43.3 Å². The molecular weight excluding hydrogens is 266 g/mol. The average Bonchev–Trinajstić information content (AvgIpc) is 2.90. The van der Waals surface area contributed by atoms with Gasteiger partial charge in [0.25, 0.3) is 5.91 Å². The van der Waals surface area contributed by atoms with E-state index in [2.05, 4.69) is 22.3 Å². The van der Waals surface area contributed by atoms with Crippen LogP contribution in [0.25, 0.3) is 11.0 Å². The van der Waals surface area contributed by atoms with Crippen molar-refractivity contribution in [2.45, 2.75) is 46.1 Å². The van der Waals surface area contributed by atoms with E-state index in [0.29, 0.717) is 17.8 Å². The Balaban J connectivity index is 2.25. The zero-order chi connectivity index (χ0) is 15.2. The summed E-state index contributed by atoms with van der Waals surface area (Å²) in [4.78, 5) is 16.4. The topological polar surface area (TPSA) is 85.8 Å². The Morgan fingerprint density at radius 3 is 2.81 bits per heavy atom. The van der Waals surface area contributed by atoms with Gasteiger partial charge in [0.2, 0.25) is 0 Å². The van der Waals surface area contributed by atoms with E-state index in [1.54, 1.807) is 12.4 Å². The minimum atomic E-state index is -0.178. The second-order valence-electron chi connectivity index (χ2n) is 5.15. The first-order valence-corrected chi connectivity index (χ1v) is 7.57. The predicted molar refractivity (Wildman–Crippen MR) is 84.1 cm³/mol. The van der Waals surface area contributed by atoms with E-state index < -0.39 is 0 Å². The molecule has 0 bridgehead atoms. The van der Waals surface area contributed by atoms with Crippen LogP contribution in [-0.2, 0) is 6.54 Å². The van der Waals surface area contributed by atoms with Gasteiger partial charge < -0.3 is 11.1 Å². The van der Waals surface area contributed by atoms with Crippen molar-refractivity contribution in [3.05, 3.63) is 18.0 Å². The largest absolute Gasteiger partial charge is 0.397 e. The van der Waals surface area contributed by atoms with Crippen LogP contribution in [0.15, 0.2) is 12.4 Å². The number of carbonyl (C=O) groups excluding carboxylic acids is 1. The second kappa shape index (κ2) is 7.06. The number of nitrogen functional groups attached to an aromatic ring is 1. The number of unbranched alkanes of at least 4 members (excludes halogenated alkanes) is 2. The van der Waals surface area contributed by atoms with Crippen molar-refractivity contribution in [2.75, 3.05) is 12.3 Å². The van der Waals surface area contributed by atoms with Crippen LogP contribution in [0.5, 0.6) is 0 Å². The Morgan fingerprint density at radius 2 is 2.10 bits per heavy atom. The molecule has 2 rings (SSSR count). The Bertz CT molecular complexity index is 620. The molecule has 2 heterocycles. The predicted octanol–water partition coefficient (Wildman–Crippen LogP) is 2.34. The lowest BCUT2D eigenvalue weighted by molar-refractivity contribution is 0.0954. The van der Waals surface area contributed by atoms with Gasteiger partial charge in [-0.15, -0.1) is 0 Å². The number of hydrogen-bond acceptors (Lipinski definition) is 4. The summed E-state index contributed by atoms with van der Waals surface area (Å²) in [7, 11) is 0. The van der Waals surface area contributed by atoms with Gasteiger partial charge in [0.05, 0.1) is 22.8 Å². The zero-order valence-electron chi connectivity index (χ0n) is 12.7. The molecule has 0 spiro atoms. The molecule has 6 heteroatoms. The number of aryl methyl sites for hydroxylation is 1. The minimum Gasteiger partial charge on any atom is -0.397 e. The van der Waals surface area contributed by atoms with Crippen LogP contribution in [0, 0.1) is 0 Å². The molecule has 0 radical (unpaired) electrons. The van der Waals surface area contributed by atoms with E-state index in [1.807, 2.05) is 11.6 Å². The lowest BCUT2D eigenvalue weighted by atomic mass is 10.1. The minimum absolute atomic E-state index is 0.178. The van der Waals surface area contributed by atoms with E-state index >= 15 is 0 Å². The van der Waals surface area contributed by atoms with E-state index in [4.69, 9.17) is 5.73 Å². The number of nitrogens with two attached hydrogens (primary N) is 1. The fourth-order valence-electron chi connectivity index (χ4n) is 2.24. The van der Waals surface area contributed by atoms with Gasteiger partial charge in [0.15, 0.2) is 5.65 Å². The molecule has 6 nitrogen and oxygen atoms in total. The molecule has 2 aromatic rings. The summed E-state index contributed by atoms with van der Waals surface area (Å²) < 4.78 is 1.86. The summed E-state index contributed by atoms with van der Waals surface area (Å²) in [5.74, 6) is -0.178. The van der Waals surface area contributed by atoms with Gasteiger partial charge >= 0.3 is 0 Å². The molecule has 0 saturated heterocycles. The van der Waals surface area contributed by atoms with E-state index in [1.165, 1.54) is 0 Å². The third-order valence-electron chi connectivity index (χ3n) is 3.46. The highest BCUT2D eigenvalue weighted by Crippen LogP contribution is 2.23. The Kier molecular flexibility index (Phi) is 5.14. The van der Waals surface area contributed by atoms with Gasteiger partial charge in [-0.2, -0.15) is 5.10 Å². The van der Waals surface area contributed by atoms with Crippen molar-refractivity contribution in [3.8, 4) is 0 Å². The molecule has 0 aliphatic rings. The molecule has 21 heavy (non-hydrogen) atoms. The molecule has 3 N–H and O–H groups in total. The standard InChI is InChI=1S/C15H23N5O/c1-3-5-6-8-20-14-11(10-19-20)13(16)12(9-18-14)15(21)17-7-4-2/h9-10H,3-8H2,1-2H3,(H2,16,18)(H,17,21). The lowest BCUT2D eigenvalue weighted by Gasteiger charge is -2.07. The smallest absolute Gasteiger partial charge is 0.254 e. The molecule has 0 aliphatic carbocycles. The Hall–Kier alpha value is -2.11. The molecule has 114 valence electrons. The number of aromatic nitrogens is 3. The third kappa shape index (κ3) is 3.32. The van der Waals surface area contributed by atoms with Crippen molar-refractivity contribution in [2.24, 2.45) is 0 Å². The normalized spacial score (nSPS) is 11.0. The molecule has 0 unspecified atom stereocenters. The molecule has 0 atom stereocenters. The first-order valence-electron chi connectivity index (χ1n) is 7.57. The maximum atomic E-state index is 12.0. The number of nitrogens with zero attached hydrogens (tertiary/aromatic N) is 3. The van der Waals surface area contributed by atoms with Crippen LogP contribution in [-0.4, -0.2) is 27.2 Å². The summed E-state index contributed by atoms with van der Waals surface area (Å²) in [6.45, 7) is 5.63. The number of hydrogen-bond donors (Lipinski definition) is 2. The SMILES string of the molecule is CCCCCn1ncc2c(N)c(C(=O)NCCC)cnc21. The molecule has 0 saturated carbocycles. The summed E-state index contributed by atoms with van der Waals surface area (Å²) >= 11 is 0. The van der Waals surface area contributed by atoms with E-state index in [9.17, 15) is 4.79 Å². The van der Waals surface area contributed by atoms with Crippen molar-refractivity contribution in [1.82, 2.24) is 20.1 Å². The summed E-state index contributed by atoms with van der Waals surface area (Å²) in [6, 6.07) is 0. The zero-order valence-corrected chi connectivity index (χ0v) is 12.7. The van der Waals surface area contributed by atoms with Crippen LogP contribution < -0.4 is 11.1 Å². The van der Waals surface area contributed by atoms with Crippen molar-refractivity contribution in [3.63, 3.8) is 0 Å². The molecule has 0 aliphatic heterocycles. The van der Waals surface area contributed by atoms with Crippen LogP contribution in [0.2, 0.25) is 0 Å². The summed E-state index contributed by atoms with van der Waals surface area (Å²) in [5, 5.41) is 7.90. The molecular formula is C15H23N5O. The summed E-state index contributed by atoms with van der Waals surface area (Å²) in [5.41, 5.74) is 7.73. The number of fused-ring (bicyclic) bond motifs is 1. The maximum absolute atomic E-state index is 12.0. The maximum Gasteiger partial charge on any atom is 0.254 e. The molecule has 1 amide bonds. The molecule has 0 fully saturated rings. The number of rotatable bonds is 7. The first-order chi connectivity index (χ1) is 10.2. The number of nitrogens with one attached hydrogen (secondary N) is 1.